The average molecular weight is 275 g/mol. The Labute approximate surface area is 123 Å². The first kappa shape index (κ1) is 15.5. The van der Waals surface area contributed by atoms with Gasteiger partial charge in [-0.25, -0.2) is 0 Å². The Balaban J connectivity index is 1.98. The fraction of sp³-hybridized carbons (Fsp3) is 0.706. The lowest BCUT2D eigenvalue weighted by atomic mass is 9.76. The Bertz CT molecular complexity index is 382. The second-order valence-corrected chi connectivity index (χ2v) is 6.26. The zero-order valence-corrected chi connectivity index (χ0v) is 13.0. The Morgan fingerprint density at radius 2 is 2.10 bits per heavy atom. The van der Waals surface area contributed by atoms with E-state index in [4.69, 9.17) is 5.73 Å². The van der Waals surface area contributed by atoms with Crippen molar-refractivity contribution in [3.8, 4) is 0 Å². The minimum Gasteiger partial charge on any atom is -0.329 e. The van der Waals surface area contributed by atoms with Crippen LogP contribution < -0.4 is 5.73 Å². The summed E-state index contributed by atoms with van der Waals surface area (Å²) in [5.41, 5.74) is 7.59. The van der Waals surface area contributed by atoms with Crippen molar-refractivity contribution in [2.45, 2.75) is 51.5 Å². The van der Waals surface area contributed by atoms with E-state index in [1.54, 1.807) is 0 Å². The van der Waals surface area contributed by atoms with Gasteiger partial charge in [0.15, 0.2) is 0 Å². The summed E-state index contributed by atoms with van der Waals surface area (Å²) in [5, 5.41) is 0. The van der Waals surface area contributed by atoms with Crippen LogP contribution in [0.25, 0.3) is 0 Å². The van der Waals surface area contributed by atoms with E-state index in [1.165, 1.54) is 31.4 Å². The maximum Gasteiger partial charge on any atom is 0.0416 e. The molecule has 2 rings (SSSR count). The Kier molecular flexibility index (Phi) is 5.55. The van der Waals surface area contributed by atoms with E-state index >= 15 is 0 Å². The van der Waals surface area contributed by atoms with Crippen LogP contribution >= 0.6 is 0 Å². The van der Waals surface area contributed by atoms with Crippen LogP contribution in [0.5, 0.6) is 0 Å². The minimum absolute atomic E-state index is 0.232. The summed E-state index contributed by atoms with van der Waals surface area (Å²) >= 11 is 0. The number of rotatable bonds is 6. The minimum atomic E-state index is 0.232. The summed E-state index contributed by atoms with van der Waals surface area (Å²) in [6, 6.07) is 6.16. The molecule has 0 atom stereocenters. The monoisotopic (exact) mass is 275 g/mol. The van der Waals surface area contributed by atoms with Crippen LogP contribution in [0.4, 0.5) is 0 Å². The lowest BCUT2D eigenvalue weighted by molar-refractivity contribution is 0.0498. The summed E-state index contributed by atoms with van der Waals surface area (Å²) in [4.78, 5) is 7.04. The standard InChI is InChI=1S/C17H29N3/c1-3-20(13-9-16-6-4-5-12-19-16)17(14-18)10-7-15(2)8-11-17/h4-6,12,15H,3,7-11,13-14,18H2,1-2H3. The van der Waals surface area contributed by atoms with Gasteiger partial charge in [-0.3, -0.25) is 9.88 Å². The van der Waals surface area contributed by atoms with Crippen LogP contribution in [0.15, 0.2) is 24.4 Å². The molecule has 3 heteroatoms. The van der Waals surface area contributed by atoms with Gasteiger partial charge < -0.3 is 5.73 Å². The molecule has 1 heterocycles. The number of hydrogen-bond donors (Lipinski definition) is 1. The first-order chi connectivity index (χ1) is 9.70. The molecule has 1 saturated carbocycles. The van der Waals surface area contributed by atoms with Crippen molar-refractivity contribution in [2.75, 3.05) is 19.6 Å². The zero-order chi connectivity index (χ0) is 14.4. The first-order valence-electron chi connectivity index (χ1n) is 8.05. The van der Waals surface area contributed by atoms with Crippen LogP contribution in [-0.4, -0.2) is 35.1 Å². The molecule has 1 aromatic heterocycles. The summed E-state index contributed by atoms with van der Waals surface area (Å²) < 4.78 is 0. The van der Waals surface area contributed by atoms with Crippen LogP contribution in [0.2, 0.25) is 0 Å². The molecule has 0 aromatic carbocycles. The SMILES string of the molecule is CCN(CCc1ccccn1)C1(CN)CCC(C)CC1. The van der Waals surface area contributed by atoms with Crippen LogP contribution in [0.1, 0.15) is 45.2 Å². The summed E-state index contributed by atoms with van der Waals surface area (Å²) in [7, 11) is 0. The second kappa shape index (κ2) is 7.19. The van der Waals surface area contributed by atoms with E-state index in [9.17, 15) is 0 Å². The van der Waals surface area contributed by atoms with Crippen molar-refractivity contribution in [3.63, 3.8) is 0 Å². The number of pyridine rings is 1. The third kappa shape index (κ3) is 3.58. The number of nitrogens with zero attached hydrogens (tertiary/aromatic N) is 2. The lowest BCUT2D eigenvalue weighted by Gasteiger charge is -2.47. The molecule has 1 aliphatic rings. The van der Waals surface area contributed by atoms with Gasteiger partial charge in [-0.05, 0) is 50.3 Å². The lowest BCUT2D eigenvalue weighted by Crippen LogP contribution is -2.56. The molecule has 0 radical (unpaired) electrons. The van der Waals surface area contributed by atoms with E-state index in [0.717, 1.165) is 32.0 Å². The molecular weight excluding hydrogens is 246 g/mol. The summed E-state index contributed by atoms with van der Waals surface area (Å²) in [5.74, 6) is 0.865. The topological polar surface area (TPSA) is 42.2 Å². The average Bonchev–Trinajstić information content (AvgIpc) is 2.51. The molecule has 0 saturated heterocycles. The van der Waals surface area contributed by atoms with Crippen LogP contribution in [0.3, 0.4) is 0 Å². The summed E-state index contributed by atoms with van der Waals surface area (Å²) in [6.07, 6.45) is 8.04. The number of likely N-dealkylation sites (N-methyl/N-ethyl adjacent to an activating group) is 1. The molecule has 0 spiro atoms. The van der Waals surface area contributed by atoms with Gasteiger partial charge in [0.1, 0.15) is 0 Å². The maximum atomic E-state index is 6.17. The zero-order valence-electron chi connectivity index (χ0n) is 13.0. The molecule has 0 amide bonds. The van der Waals surface area contributed by atoms with Crippen LogP contribution in [-0.2, 0) is 6.42 Å². The van der Waals surface area contributed by atoms with Crippen molar-refractivity contribution < 1.29 is 0 Å². The molecular formula is C17H29N3. The van der Waals surface area contributed by atoms with Gasteiger partial charge in [0.25, 0.3) is 0 Å². The largest absolute Gasteiger partial charge is 0.329 e. The van der Waals surface area contributed by atoms with Gasteiger partial charge in [-0.2, -0.15) is 0 Å². The Hall–Kier alpha value is -0.930. The first-order valence-corrected chi connectivity index (χ1v) is 8.05. The van der Waals surface area contributed by atoms with E-state index in [-0.39, 0.29) is 5.54 Å². The second-order valence-electron chi connectivity index (χ2n) is 6.26. The molecule has 112 valence electrons. The number of hydrogen-bond acceptors (Lipinski definition) is 3. The van der Waals surface area contributed by atoms with Crippen LogP contribution in [0, 0.1) is 5.92 Å². The molecule has 2 N–H and O–H groups in total. The fourth-order valence-electron chi connectivity index (χ4n) is 3.48. The highest BCUT2D eigenvalue weighted by Crippen LogP contribution is 2.35. The molecule has 1 aromatic rings. The third-order valence-corrected chi connectivity index (χ3v) is 5.00. The molecule has 0 bridgehead atoms. The quantitative estimate of drug-likeness (QED) is 0.868. The van der Waals surface area contributed by atoms with Crippen molar-refractivity contribution in [1.82, 2.24) is 9.88 Å². The third-order valence-electron chi connectivity index (χ3n) is 5.00. The van der Waals surface area contributed by atoms with Gasteiger partial charge in [-0.1, -0.05) is 19.9 Å². The molecule has 1 fully saturated rings. The van der Waals surface area contributed by atoms with Crippen molar-refractivity contribution in [1.29, 1.82) is 0 Å². The normalized spacial score (nSPS) is 26.9. The van der Waals surface area contributed by atoms with Gasteiger partial charge in [0.05, 0.1) is 0 Å². The number of nitrogens with two attached hydrogens (primary N) is 1. The van der Waals surface area contributed by atoms with E-state index in [1.807, 2.05) is 12.3 Å². The van der Waals surface area contributed by atoms with Gasteiger partial charge in [-0.15, -0.1) is 0 Å². The highest BCUT2D eigenvalue weighted by molar-refractivity contribution is 5.04. The predicted octanol–water partition coefficient (Wildman–Crippen LogP) is 2.85. The highest BCUT2D eigenvalue weighted by Gasteiger charge is 2.37. The fourth-order valence-corrected chi connectivity index (χ4v) is 3.48. The molecule has 0 unspecified atom stereocenters. The Morgan fingerprint density at radius 1 is 1.35 bits per heavy atom. The van der Waals surface area contributed by atoms with Crippen molar-refractivity contribution in [2.24, 2.45) is 11.7 Å². The highest BCUT2D eigenvalue weighted by atomic mass is 15.2. The van der Waals surface area contributed by atoms with Gasteiger partial charge in [0, 0.05) is 36.9 Å². The smallest absolute Gasteiger partial charge is 0.0416 e. The predicted molar refractivity (Wildman–Crippen MR) is 84.6 cm³/mol. The Morgan fingerprint density at radius 3 is 2.65 bits per heavy atom. The van der Waals surface area contributed by atoms with Gasteiger partial charge in [0.2, 0.25) is 0 Å². The number of aromatic nitrogens is 1. The van der Waals surface area contributed by atoms with E-state index in [0.29, 0.717) is 0 Å². The van der Waals surface area contributed by atoms with E-state index < -0.39 is 0 Å². The molecule has 3 nitrogen and oxygen atoms in total. The van der Waals surface area contributed by atoms with E-state index in [2.05, 4.69) is 35.9 Å². The maximum absolute atomic E-state index is 6.17. The van der Waals surface area contributed by atoms with Crippen molar-refractivity contribution >= 4 is 0 Å². The van der Waals surface area contributed by atoms with Gasteiger partial charge >= 0.3 is 0 Å². The van der Waals surface area contributed by atoms with Crippen molar-refractivity contribution in [3.05, 3.63) is 30.1 Å². The summed E-state index contributed by atoms with van der Waals surface area (Å²) in [6.45, 7) is 7.56. The molecule has 1 aliphatic carbocycles. The molecule has 20 heavy (non-hydrogen) atoms. The molecule has 0 aliphatic heterocycles.